The number of anilines is 1. The standard InChI is InChI=1S/C10H17BrN4O/c1-6(2)15-10(16)9(11)8(5-13-15)14-7(3)4-12/h5-7,14H,4,12H2,1-3H3. The minimum absolute atomic E-state index is 0.0461. The van der Waals surface area contributed by atoms with Crippen LogP contribution in [0.15, 0.2) is 15.5 Å². The van der Waals surface area contributed by atoms with Crippen molar-refractivity contribution in [3.8, 4) is 0 Å². The van der Waals surface area contributed by atoms with Crippen molar-refractivity contribution in [2.75, 3.05) is 11.9 Å². The van der Waals surface area contributed by atoms with E-state index in [-0.39, 0.29) is 17.6 Å². The first-order valence-corrected chi connectivity index (χ1v) is 6.00. The van der Waals surface area contributed by atoms with Gasteiger partial charge in [-0.1, -0.05) is 0 Å². The van der Waals surface area contributed by atoms with Gasteiger partial charge in [-0.25, -0.2) is 4.68 Å². The number of nitrogens with one attached hydrogen (secondary N) is 1. The van der Waals surface area contributed by atoms with Crippen molar-refractivity contribution in [2.45, 2.75) is 32.9 Å². The molecule has 0 spiro atoms. The van der Waals surface area contributed by atoms with Crippen LogP contribution in [0.25, 0.3) is 0 Å². The van der Waals surface area contributed by atoms with Gasteiger partial charge in [-0.3, -0.25) is 4.79 Å². The maximum Gasteiger partial charge on any atom is 0.283 e. The molecule has 0 radical (unpaired) electrons. The first kappa shape index (κ1) is 13.2. The molecule has 5 nitrogen and oxygen atoms in total. The van der Waals surface area contributed by atoms with Crippen molar-refractivity contribution >= 4 is 21.6 Å². The Morgan fingerprint density at radius 3 is 2.69 bits per heavy atom. The van der Waals surface area contributed by atoms with Gasteiger partial charge >= 0.3 is 0 Å². The number of halogens is 1. The summed E-state index contributed by atoms with van der Waals surface area (Å²) in [7, 11) is 0. The molecule has 0 aliphatic carbocycles. The topological polar surface area (TPSA) is 72.9 Å². The number of hydrogen-bond acceptors (Lipinski definition) is 4. The summed E-state index contributed by atoms with van der Waals surface area (Å²) in [6.45, 7) is 6.27. The Morgan fingerprint density at radius 1 is 1.56 bits per heavy atom. The van der Waals surface area contributed by atoms with Crippen LogP contribution >= 0.6 is 15.9 Å². The zero-order valence-corrected chi connectivity index (χ0v) is 11.3. The lowest BCUT2D eigenvalue weighted by molar-refractivity contribution is 0.501. The molecule has 0 saturated carbocycles. The lowest BCUT2D eigenvalue weighted by atomic mass is 10.3. The highest BCUT2D eigenvalue weighted by Crippen LogP contribution is 2.17. The van der Waals surface area contributed by atoms with Gasteiger partial charge in [0.15, 0.2) is 0 Å². The molecule has 0 fully saturated rings. The number of nitrogens with zero attached hydrogens (tertiary/aromatic N) is 2. The number of aromatic nitrogens is 2. The summed E-state index contributed by atoms with van der Waals surface area (Å²) in [6, 6.07) is 0.150. The van der Waals surface area contributed by atoms with E-state index in [1.165, 1.54) is 4.68 Å². The van der Waals surface area contributed by atoms with E-state index < -0.39 is 0 Å². The van der Waals surface area contributed by atoms with Crippen molar-refractivity contribution in [2.24, 2.45) is 5.73 Å². The maximum absolute atomic E-state index is 11.9. The fourth-order valence-corrected chi connectivity index (χ4v) is 1.64. The summed E-state index contributed by atoms with van der Waals surface area (Å²) in [5, 5.41) is 7.22. The normalized spacial score (nSPS) is 12.9. The second kappa shape index (κ2) is 5.45. The Balaban J connectivity index is 3.07. The fourth-order valence-electron chi connectivity index (χ4n) is 1.24. The molecule has 1 aromatic heterocycles. The Morgan fingerprint density at radius 2 is 2.19 bits per heavy atom. The van der Waals surface area contributed by atoms with E-state index >= 15 is 0 Å². The number of nitrogens with two attached hydrogens (primary N) is 1. The van der Waals surface area contributed by atoms with Crippen LogP contribution in [0.2, 0.25) is 0 Å². The fraction of sp³-hybridized carbons (Fsp3) is 0.600. The van der Waals surface area contributed by atoms with Gasteiger partial charge in [0.1, 0.15) is 4.47 Å². The molecule has 0 saturated heterocycles. The van der Waals surface area contributed by atoms with Gasteiger partial charge in [-0.15, -0.1) is 0 Å². The SMILES string of the molecule is CC(CN)Nc1cnn(C(C)C)c(=O)c1Br. The van der Waals surface area contributed by atoms with Gasteiger partial charge in [-0.05, 0) is 36.7 Å². The van der Waals surface area contributed by atoms with Gasteiger partial charge < -0.3 is 11.1 Å². The van der Waals surface area contributed by atoms with Crippen LogP contribution in [0, 0.1) is 0 Å². The van der Waals surface area contributed by atoms with Crippen LogP contribution < -0.4 is 16.6 Å². The van der Waals surface area contributed by atoms with Crippen LogP contribution in [-0.4, -0.2) is 22.4 Å². The van der Waals surface area contributed by atoms with E-state index in [1.54, 1.807) is 6.20 Å². The van der Waals surface area contributed by atoms with E-state index in [9.17, 15) is 4.79 Å². The molecule has 1 unspecified atom stereocenters. The van der Waals surface area contributed by atoms with Crippen LogP contribution in [0.5, 0.6) is 0 Å². The Hall–Kier alpha value is -0.880. The van der Waals surface area contributed by atoms with Gasteiger partial charge in [0.05, 0.1) is 17.9 Å². The molecule has 0 amide bonds. The third-order valence-corrected chi connectivity index (χ3v) is 2.95. The molecule has 1 rings (SSSR count). The summed E-state index contributed by atoms with van der Waals surface area (Å²) in [6.07, 6.45) is 1.64. The Labute approximate surface area is 103 Å². The molecule has 1 atom stereocenters. The lowest BCUT2D eigenvalue weighted by Gasteiger charge is -2.15. The monoisotopic (exact) mass is 288 g/mol. The van der Waals surface area contributed by atoms with Crippen molar-refractivity contribution < 1.29 is 0 Å². The van der Waals surface area contributed by atoms with Crippen LogP contribution in [0.3, 0.4) is 0 Å². The zero-order valence-electron chi connectivity index (χ0n) is 9.70. The molecule has 0 aromatic carbocycles. The summed E-state index contributed by atoms with van der Waals surface area (Å²) in [5.41, 5.74) is 6.05. The third kappa shape index (κ3) is 2.82. The molecule has 6 heteroatoms. The average molecular weight is 289 g/mol. The highest BCUT2D eigenvalue weighted by atomic mass is 79.9. The lowest BCUT2D eigenvalue weighted by Crippen LogP contribution is -2.29. The molecule has 0 bridgehead atoms. The van der Waals surface area contributed by atoms with E-state index in [1.807, 2.05) is 20.8 Å². The molecular weight excluding hydrogens is 272 g/mol. The summed E-state index contributed by atoms with van der Waals surface area (Å²) >= 11 is 3.28. The molecule has 1 heterocycles. The van der Waals surface area contributed by atoms with Gasteiger partial charge in [0.2, 0.25) is 0 Å². The molecule has 0 aliphatic rings. The second-order valence-corrected chi connectivity index (χ2v) is 4.79. The highest BCUT2D eigenvalue weighted by Gasteiger charge is 2.11. The molecular formula is C10H17BrN4O. The van der Waals surface area contributed by atoms with Crippen molar-refractivity contribution in [1.82, 2.24) is 9.78 Å². The van der Waals surface area contributed by atoms with Crippen molar-refractivity contribution in [3.63, 3.8) is 0 Å². The van der Waals surface area contributed by atoms with E-state index in [0.717, 1.165) is 0 Å². The quantitative estimate of drug-likeness (QED) is 0.877. The second-order valence-electron chi connectivity index (χ2n) is 4.00. The minimum Gasteiger partial charge on any atom is -0.379 e. The average Bonchev–Trinajstić information content (AvgIpc) is 2.24. The predicted octanol–water partition coefficient (Wildman–Crippen LogP) is 1.35. The Bertz CT molecular complexity index is 416. The molecule has 1 aromatic rings. The molecule has 90 valence electrons. The zero-order chi connectivity index (χ0) is 12.3. The van der Waals surface area contributed by atoms with Gasteiger partial charge in [0, 0.05) is 12.6 Å². The van der Waals surface area contributed by atoms with Gasteiger partial charge in [0.25, 0.3) is 5.56 Å². The highest BCUT2D eigenvalue weighted by molar-refractivity contribution is 9.10. The van der Waals surface area contributed by atoms with E-state index in [0.29, 0.717) is 16.7 Å². The number of hydrogen-bond donors (Lipinski definition) is 2. The molecule has 3 N–H and O–H groups in total. The number of rotatable bonds is 4. The minimum atomic E-state index is -0.135. The predicted molar refractivity (Wildman–Crippen MR) is 68.7 cm³/mol. The largest absolute Gasteiger partial charge is 0.379 e. The first-order valence-electron chi connectivity index (χ1n) is 5.21. The Kier molecular flexibility index (Phi) is 4.49. The summed E-state index contributed by atoms with van der Waals surface area (Å²) < 4.78 is 1.93. The van der Waals surface area contributed by atoms with E-state index in [4.69, 9.17) is 5.73 Å². The first-order chi connectivity index (χ1) is 7.47. The van der Waals surface area contributed by atoms with Crippen molar-refractivity contribution in [1.29, 1.82) is 0 Å². The summed E-state index contributed by atoms with van der Waals surface area (Å²) in [4.78, 5) is 11.9. The van der Waals surface area contributed by atoms with Crippen LogP contribution in [0.4, 0.5) is 5.69 Å². The molecule has 16 heavy (non-hydrogen) atoms. The van der Waals surface area contributed by atoms with Crippen LogP contribution in [-0.2, 0) is 0 Å². The molecule has 0 aliphatic heterocycles. The smallest absolute Gasteiger partial charge is 0.283 e. The third-order valence-electron chi connectivity index (χ3n) is 2.19. The van der Waals surface area contributed by atoms with E-state index in [2.05, 4.69) is 26.3 Å². The maximum atomic E-state index is 11.9. The summed E-state index contributed by atoms with van der Waals surface area (Å²) in [5.74, 6) is 0. The van der Waals surface area contributed by atoms with Crippen LogP contribution in [0.1, 0.15) is 26.8 Å². The van der Waals surface area contributed by atoms with Crippen molar-refractivity contribution in [3.05, 3.63) is 21.0 Å². The van der Waals surface area contributed by atoms with Gasteiger partial charge in [-0.2, -0.15) is 5.10 Å².